The predicted molar refractivity (Wildman–Crippen MR) is 103 cm³/mol. The van der Waals surface area contributed by atoms with Gasteiger partial charge in [-0.15, -0.1) is 5.10 Å². The van der Waals surface area contributed by atoms with Crippen molar-refractivity contribution < 1.29 is 9.47 Å². The van der Waals surface area contributed by atoms with Crippen LogP contribution in [0.1, 0.15) is 32.3 Å². The summed E-state index contributed by atoms with van der Waals surface area (Å²) < 4.78 is 11.3. The van der Waals surface area contributed by atoms with Crippen molar-refractivity contribution >= 4 is 5.82 Å². The van der Waals surface area contributed by atoms with Crippen molar-refractivity contribution in [2.75, 3.05) is 25.1 Å². The molecule has 0 spiro atoms. The van der Waals surface area contributed by atoms with E-state index in [1.54, 1.807) is 13.3 Å². The monoisotopic (exact) mass is 356 g/mol. The first-order valence-corrected chi connectivity index (χ1v) is 9.25. The average Bonchev–Trinajstić information content (AvgIpc) is 2.67. The minimum absolute atomic E-state index is 0.127. The lowest BCUT2D eigenvalue weighted by molar-refractivity contribution is 0.230. The van der Waals surface area contributed by atoms with Gasteiger partial charge in [-0.25, -0.2) is 0 Å². The quantitative estimate of drug-likeness (QED) is 0.823. The van der Waals surface area contributed by atoms with Gasteiger partial charge in [-0.3, -0.25) is 0 Å². The Morgan fingerprint density at radius 3 is 2.88 bits per heavy atom. The van der Waals surface area contributed by atoms with Gasteiger partial charge in [0.2, 0.25) is 0 Å². The molecule has 1 aliphatic heterocycles. The maximum absolute atomic E-state index is 5.78. The van der Waals surface area contributed by atoms with E-state index in [-0.39, 0.29) is 6.10 Å². The maximum atomic E-state index is 5.78. The topological polar surface area (TPSA) is 59.5 Å². The Hall–Kier alpha value is -2.34. The van der Waals surface area contributed by atoms with Crippen molar-refractivity contribution in [2.45, 2.75) is 45.4 Å². The highest BCUT2D eigenvalue weighted by atomic mass is 16.5. The van der Waals surface area contributed by atoms with Crippen LogP contribution < -0.4 is 19.7 Å². The van der Waals surface area contributed by atoms with Crippen LogP contribution in [0.3, 0.4) is 0 Å². The van der Waals surface area contributed by atoms with Crippen LogP contribution in [-0.2, 0) is 6.54 Å². The summed E-state index contributed by atoms with van der Waals surface area (Å²) in [5, 5.41) is 11.9. The lowest BCUT2D eigenvalue weighted by atomic mass is 10.1. The molecule has 1 fully saturated rings. The van der Waals surface area contributed by atoms with E-state index in [2.05, 4.69) is 26.5 Å². The number of hydrogen-bond donors (Lipinski definition) is 1. The van der Waals surface area contributed by atoms with Crippen LogP contribution in [0.2, 0.25) is 0 Å². The zero-order valence-corrected chi connectivity index (χ0v) is 15.8. The fraction of sp³-hybridized carbons (Fsp3) is 0.500. The molecule has 1 saturated heterocycles. The van der Waals surface area contributed by atoms with E-state index in [4.69, 9.17) is 9.47 Å². The van der Waals surface area contributed by atoms with Gasteiger partial charge in [0, 0.05) is 31.9 Å². The summed E-state index contributed by atoms with van der Waals surface area (Å²) in [7, 11) is 1.68. The maximum Gasteiger partial charge on any atom is 0.161 e. The third-order valence-electron chi connectivity index (χ3n) is 4.49. The molecule has 0 aliphatic carbocycles. The Morgan fingerprint density at radius 2 is 2.15 bits per heavy atom. The van der Waals surface area contributed by atoms with Gasteiger partial charge >= 0.3 is 0 Å². The molecular weight excluding hydrogens is 328 g/mol. The van der Waals surface area contributed by atoms with E-state index >= 15 is 0 Å². The summed E-state index contributed by atoms with van der Waals surface area (Å²) in [5.74, 6) is 2.52. The Kier molecular flexibility index (Phi) is 6.28. The summed E-state index contributed by atoms with van der Waals surface area (Å²) >= 11 is 0. The highest BCUT2D eigenvalue weighted by molar-refractivity contribution is 5.43. The van der Waals surface area contributed by atoms with Crippen molar-refractivity contribution in [2.24, 2.45) is 0 Å². The van der Waals surface area contributed by atoms with Crippen molar-refractivity contribution in [1.82, 2.24) is 15.5 Å². The second-order valence-corrected chi connectivity index (χ2v) is 6.90. The van der Waals surface area contributed by atoms with Gasteiger partial charge < -0.3 is 19.7 Å². The van der Waals surface area contributed by atoms with Crippen LogP contribution in [0.25, 0.3) is 0 Å². The number of nitrogens with zero attached hydrogens (tertiary/aromatic N) is 3. The molecular formula is C20H28N4O2. The zero-order chi connectivity index (χ0) is 18.4. The first-order chi connectivity index (χ1) is 12.7. The number of piperidine rings is 1. The minimum atomic E-state index is 0.127. The summed E-state index contributed by atoms with van der Waals surface area (Å²) in [5.41, 5.74) is 1.19. The minimum Gasteiger partial charge on any atom is -0.493 e. The fourth-order valence-electron chi connectivity index (χ4n) is 3.25. The molecule has 1 aromatic heterocycles. The number of rotatable bonds is 7. The molecule has 1 atom stereocenters. The van der Waals surface area contributed by atoms with Gasteiger partial charge in [-0.2, -0.15) is 5.10 Å². The fourth-order valence-corrected chi connectivity index (χ4v) is 3.25. The van der Waals surface area contributed by atoms with E-state index < -0.39 is 0 Å². The third kappa shape index (κ3) is 4.85. The number of benzene rings is 1. The lowest BCUT2D eigenvalue weighted by Crippen LogP contribution is -2.45. The lowest BCUT2D eigenvalue weighted by Gasteiger charge is -2.33. The summed E-state index contributed by atoms with van der Waals surface area (Å²) in [4.78, 5) is 2.30. The molecule has 0 amide bonds. The Bertz CT molecular complexity index is 693. The second-order valence-electron chi connectivity index (χ2n) is 6.90. The van der Waals surface area contributed by atoms with Crippen LogP contribution >= 0.6 is 0 Å². The third-order valence-corrected chi connectivity index (χ3v) is 4.49. The van der Waals surface area contributed by atoms with Gasteiger partial charge in [-0.05, 0) is 56.5 Å². The Balaban J connectivity index is 1.58. The highest BCUT2D eigenvalue weighted by Crippen LogP contribution is 2.29. The van der Waals surface area contributed by atoms with Gasteiger partial charge in [0.25, 0.3) is 0 Å². The molecule has 1 aromatic carbocycles. The summed E-state index contributed by atoms with van der Waals surface area (Å²) in [6.07, 6.45) is 4.16. The number of anilines is 1. The molecule has 0 bridgehead atoms. The van der Waals surface area contributed by atoms with Crippen LogP contribution in [-0.4, -0.2) is 42.5 Å². The van der Waals surface area contributed by atoms with Crippen LogP contribution in [0.15, 0.2) is 36.5 Å². The predicted octanol–water partition coefficient (Wildman–Crippen LogP) is 3.03. The van der Waals surface area contributed by atoms with Gasteiger partial charge in [0.05, 0.1) is 13.2 Å². The average molecular weight is 356 g/mol. The molecule has 0 saturated carbocycles. The highest BCUT2D eigenvalue weighted by Gasteiger charge is 2.20. The van der Waals surface area contributed by atoms with Crippen molar-refractivity contribution in [3.8, 4) is 11.5 Å². The molecule has 26 heavy (non-hydrogen) atoms. The first-order valence-electron chi connectivity index (χ1n) is 9.25. The van der Waals surface area contributed by atoms with Gasteiger partial charge in [-0.1, -0.05) is 6.07 Å². The molecule has 3 rings (SSSR count). The standard InChI is InChI=1S/C20H28N4O2/c1-15(2)26-18-9-8-16(12-19(18)25-3)13-21-17-6-5-11-24(14-17)20-7-4-10-22-23-20/h4,7-10,12,15,17,21H,5-6,11,13-14H2,1-3H3. The van der Waals surface area contributed by atoms with Crippen LogP contribution in [0.5, 0.6) is 11.5 Å². The molecule has 1 unspecified atom stereocenters. The van der Waals surface area contributed by atoms with Crippen LogP contribution in [0.4, 0.5) is 5.82 Å². The number of aromatic nitrogens is 2. The van der Waals surface area contributed by atoms with E-state index in [1.165, 1.54) is 12.0 Å². The van der Waals surface area contributed by atoms with Crippen LogP contribution in [0, 0.1) is 0 Å². The van der Waals surface area contributed by atoms with E-state index in [0.717, 1.165) is 43.4 Å². The molecule has 1 aliphatic rings. The zero-order valence-electron chi connectivity index (χ0n) is 15.8. The summed E-state index contributed by atoms with van der Waals surface area (Å²) in [6, 6.07) is 10.5. The molecule has 6 heteroatoms. The normalized spacial score (nSPS) is 17.4. The molecule has 6 nitrogen and oxygen atoms in total. The SMILES string of the molecule is COc1cc(CNC2CCCN(c3cccnn3)C2)ccc1OC(C)C. The van der Waals surface area contributed by atoms with Crippen molar-refractivity contribution in [3.63, 3.8) is 0 Å². The van der Waals surface area contributed by atoms with E-state index in [1.807, 2.05) is 38.1 Å². The number of methoxy groups -OCH3 is 1. The van der Waals surface area contributed by atoms with Crippen molar-refractivity contribution in [3.05, 3.63) is 42.1 Å². The summed E-state index contributed by atoms with van der Waals surface area (Å²) in [6.45, 7) is 6.81. The Morgan fingerprint density at radius 1 is 1.27 bits per heavy atom. The van der Waals surface area contributed by atoms with Gasteiger partial charge in [0.1, 0.15) is 0 Å². The smallest absolute Gasteiger partial charge is 0.161 e. The Labute approximate surface area is 155 Å². The molecule has 0 radical (unpaired) electrons. The molecule has 2 heterocycles. The molecule has 1 N–H and O–H groups in total. The second kappa shape index (κ2) is 8.85. The van der Waals surface area contributed by atoms with Crippen molar-refractivity contribution in [1.29, 1.82) is 0 Å². The largest absolute Gasteiger partial charge is 0.493 e. The number of ether oxygens (including phenoxy) is 2. The number of nitrogens with one attached hydrogen (secondary N) is 1. The van der Waals surface area contributed by atoms with E-state index in [9.17, 15) is 0 Å². The van der Waals surface area contributed by atoms with Gasteiger partial charge in [0.15, 0.2) is 17.3 Å². The number of hydrogen-bond acceptors (Lipinski definition) is 6. The first kappa shape index (κ1) is 18.5. The van der Waals surface area contributed by atoms with E-state index in [0.29, 0.717) is 6.04 Å². The molecule has 2 aromatic rings. The molecule has 140 valence electrons.